The summed E-state index contributed by atoms with van der Waals surface area (Å²) in [5.41, 5.74) is 4.56. The van der Waals surface area contributed by atoms with Crippen LogP contribution in [0.4, 0.5) is 26.1 Å². The molecule has 17 heteroatoms. The number of rotatable bonds is 13. The summed E-state index contributed by atoms with van der Waals surface area (Å²) in [5.74, 6) is -1.85. The Balaban J connectivity index is 1.25. The maximum atomic E-state index is 14.4. The van der Waals surface area contributed by atoms with Crippen molar-refractivity contribution in [3.8, 4) is 27.6 Å². The lowest BCUT2D eigenvalue weighted by Gasteiger charge is -2.37. The second-order valence-corrected chi connectivity index (χ2v) is 18.7. The van der Waals surface area contributed by atoms with Crippen molar-refractivity contribution >= 4 is 48.3 Å². The molecule has 54 heavy (non-hydrogen) atoms. The number of piperazine rings is 1. The Morgan fingerprint density at radius 1 is 0.981 bits per heavy atom. The predicted molar refractivity (Wildman–Crippen MR) is 207 cm³/mol. The van der Waals surface area contributed by atoms with Crippen LogP contribution in [0.1, 0.15) is 35.9 Å². The van der Waals surface area contributed by atoms with Crippen molar-refractivity contribution < 1.29 is 30.4 Å². The van der Waals surface area contributed by atoms with Crippen LogP contribution < -0.4 is 15.0 Å². The first-order chi connectivity index (χ1) is 25.6. The largest absolute Gasteiger partial charge is 0.494 e. The fourth-order valence-electron chi connectivity index (χ4n) is 6.18. The van der Waals surface area contributed by atoms with Gasteiger partial charge in [0, 0.05) is 80.8 Å². The number of aromatic nitrogens is 4. The van der Waals surface area contributed by atoms with Gasteiger partial charge in [0.2, 0.25) is 5.95 Å². The lowest BCUT2D eigenvalue weighted by molar-refractivity contribution is 0.272. The van der Waals surface area contributed by atoms with E-state index in [0.29, 0.717) is 45.8 Å². The van der Waals surface area contributed by atoms with Gasteiger partial charge in [-0.05, 0) is 48.4 Å². The second kappa shape index (κ2) is 16.0. The molecule has 6 rings (SSSR count). The first-order valence-corrected chi connectivity index (χ1v) is 21.7. The van der Waals surface area contributed by atoms with Gasteiger partial charge in [0.15, 0.2) is 9.84 Å². The van der Waals surface area contributed by atoms with Crippen molar-refractivity contribution in [3.05, 3.63) is 88.8 Å². The number of nitrogens with zero attached hydrogens (tertiary/aromatic N) is 6. The molecule has 12 nitrogen and oxygen atoms in total. The third-order valence-corrected chi connectivity index (χ3v) is 13.0. The minimum absolute atomic E-state index is 0.0729. The normalized spacial score (nSPS) is 14.1. The summed E-state index contributed by atoms with van der Waals surface area (Å²) in [6, 6.07) is 10.3. The zero-order chi connectivity index (χ0) is 38.8. The smallest absolute Gasteiger partial charge is 0.227 e. The summed E-state index contributed by atoms with van der Waals surface area (Å²) in [6.45, 7) is 9.57. The average Bonchev–Trinajstić information content (AvgIpc) is 3.57. The number of hydrogen-bond acceptors (Lipinski definition) is 13. The highest BCUT2D eigenvalue weighted by Crippen LogP contribution is 2.40. The summed E-state index contributed by atoms with van der Waals surface area (Å²) >= 11 is 1.44. The van der Waals surface area contributed by atoms with Crippen molar-refractivity contribution in [2.24, 2.45) is 0 Å². The number of hydrogen-bond donors (Lipinski definition) is 1. The number of anilines is 3. The highest BCUT2D eigenvalue weighted by atomic mass is 32.2. The molecule has 2 aromatic carbocycles. The fourth-order valence-corrected chi connectivity index (χ4v) is 9.30. The molecule has 286 valence electrons. The number of halogens is 2. The van der Waals surface area contributed by atoms with Gasteiger partial charge in [-0.1, -0.05) is 19.9 Å². The van der Waals surface area contributed by atoms with Gasteiger partial charge in [0.1, 0.15) is 32.1 Å². The van der Waals surface area contributed by atoms with Crippen LogP contribution in [0.3, 0.4) is 0 Å². The third-order valence-electron chi connectivity index (χ3n) is 8.94. The van der Waals surface area contributed by atoms with Crippen LogP contribution >= 0.6 is 11.3 Å². The Morgan fingerprint density at radius 3 is 2.37 bits per heavy atom. The highest BCUT2D eigenvalue weighted by Gasteiger charge is 2.26. The molecule has 1 aliphatic rings. The van der Waals surface area contributed by atoms with Crippen LogP contribution in [0.25, 0.3) is 21.8 Å². The molecule has 5 aromatic rings. The lowest BCUT2D eigenvalue weighted by atomic mass is 10.1. The molecule has 1 aliphatic heterocycles. The average molecular weight is 798 g/mol. The minimum Gasteiger partial charge on any atom is -0.494 e. The number of aryl methyl sites for hydroxylation is 1. The van der Waals surface area contributed by atoms with Crippen LogP contribution in [-0.2, 0) is 25.4 Å². The standard InChI is InChI=1S/C37H41F2N7O5S3/c1-23(2)36-44-33(26-18-25(20-40-21-26)22-54(49,50)35-27(38)7-6-8-28(35)39)34(52-36)29-9-10-41-37(42-29)43-30-17-24(3)31(19-32(30)51-4)46-13-11-45(12-14-46)15-16-53(5,47)48/h6-10,17-21,23H,11-16,22H2,1-5H3,(H,41,42,43). The molecule has 0 bridgehead atoms. The van der Waals surface area contributed by atoms with Crippen LogP contribution in [-0.4, -0.2) is 93.5 Å². The van der Waals surface area contributed by atoms with Crippen LogP contribution in [0.5, 0.6) is 5.75 Å². The van der Waals surface area contributed by atoms with Gasteiger partial charge in [-0.25, -0.2) is 40.6 Å². The molecule has 4 heterocycles. The number of ether oxygens (including phenoxy) is 1. The van der Waals surface area contributed by atoms with Crippen molar-refractivity contribution in [2.75, 3.05) is 62.1 Å². The molecule has 0 spiro atoms. The van der Waals surface area contributed by atoms with E-state index < -0.39 is 42.0 Å². The molecule has 1 fully saturated rings. The molecule has 1 N–H and O–H groups in total. The van der Waals surface area contributed by atoms with E-state index in [9.17, 15) is 25.6 Å². The number of thiazole rings is 1. The Bertz CT molecular complexity index is 2360. The lowest BCUT2D eigenvalue weighted by Crippen LogP contribution is -2.47. The number of pyridine rings is 1. The number of sulfone groups is 2. The molecular formula is C37H41F2N7O5S3. The maximum absolute atomic E-state index is 14.4. The quantitative estimate of drug-likeness (QED) is 0.143. The summed E-state index contributed by atoms with van der Waals surface area (Å²) in [7, 11) is -5.80. The van der Waals surface area contributed by atoms with Crippen LogP contribution in [0, 0.1) is 18.6 Å². The number of methoxy groups -OCH3 is 1. The van der Waals surface area contributed by atoms with E-state index in [1.165, 1.54) is 23.8 Å². The topological polar surface area (TPSA) is 148 Å². The van der Waals surface area contributed by atoms with E-state index in [1.54, 1.807) is 31.6 Å². The monoisotopic (exact) mass is 797 g/mol. The second-order valence-electron chi connectivity index (χ2n) is 13.5. The zero-order valence-corrected chi connectivity index (χ0v) is 33.0. The fraction of sp³-hybridized carbons (Fsp3) is 0.351. The van der Waals surface area contributed by atoms with E-state index in [2.05, 4.69) is 25.1 Å². The SMILES string of the molecule is COc1cc(N2CCN(CCS(C)(=O)=O)CC2)c(C)cc1Nc1nccc(-c2sc(C(C)C)nc2-c2cncc(CS(=O)(=O)c3c(F)cccc3F)c2)n1. The Hall–Kier alpha value is -4.58. The first kappa shape index (κ1) is 39.1. The molecule has 0 atom stereocenters. The molecule has 0 saturated carbocycles. The van der Waals surface area contributed by atoms with Crippen molar-refractivity contribution in [3.63, 3.8) is 0 Å². The van der Waals surface area contributed by atoms with E-state index >= 15 is 0 Å². The Morgan fingerprint density at radius 2 is 1.70 bits per heavy atom. The van der Waals surface area contributed by atoms with Gasteiger partial charge in [-0.2, -0.15) is 0 Å². The number of nitrogens with one attached hydrogen (secondary N) is 1. The summed E-state index contributed by atoms with van der Waals surface area (Å²) in [5, 5.41) is 4.13. The summed E-state index contributed by atoms with van der Waals surface area (Å²) < 4.78 is 84.1. The van der Waals surface area contributed by atoms with Gasteiger partial charge in [0.25, 0.3) is 0 Å². The van der Waals surface area contributed by atoms with E-state index in [-0.39, 0.29) is 17.2 Å². The van der Waals surface area contributed by atoms with Gasteiger partial charge in [-0.15, -0.1) is 11.3 Å². The van der Waals surface area contributed by atoms with Gasteiger partial charge < -0.3 is 15.0 Å². The molecular weight excluding hydrogens is 757 g/mol. The van der Waals surface area contributed by atoms with Crippen molar-refractivity contribution in [1.29, 1.82) is 0 Å². The molecule has 0 aliphatic carbocycles. The third kappa shape index (κ3) is 9.02. The molecule has 3 aromatic heterocycles. The number of benzene rings is 2. The van der Waals surface area contributed by atoms with Gasteiger partial charge in [0.05, 0.1) is 45.6 Å². The molecule has 0 amide bonds. The van der Waals surface area contributed by atoms with E-state index in [1.807, 2.05) is 32.9 Å². The van der Waals surface area contributed by atoms with E-state index in [4.69, 9.17) is 14.7 Å². The highest BCUT2D eigenvalue weighted by molar-refractivity contribution is 7.91. The van der Waals surface area contributed by atoms with Gasteiger partial charge >= 0.3 is 0 Å². The minimum atomic E-state index is -4.38. The predicted octanol–water partition coefficient (Wildman–Crippen LogP) is 6.26. The molecule has 1 saturated heterocycles. The van der Waals surface area contributed by atoms with Crippen molar-refractivity contribution in [2.45, 2.75) is 37.3 Å². The molecule has 0 unspecified atom stereocenters. The maximum Gasteiger partial charge on any atom is 0.227 e. The summed E-state index contributed by atoms with van der Waals surface area (Å²) in [4.78, 5) is 22.6. The van der Waals surface area contributed by atoms with Gasteiger partial charge in [-0.3, -0.25) is 9.88 Å². The zero-order valence-electron chi connectivity index (χ0n) is 30.5. The first-order valence-electron chi connectivity index (χ1n) is 17.2. The Kier molecular flexibility index (Phi) is 11.6. The van der Waals surface area contributed by atoms with E-state index in [0.717, 1.165) is 60.6 Å². The summed E-state index contributed by atoms with van der Waals surface area (Å²) in [6.07, 6.45) is 5.80. The molecule has 0 radical (unpaired) electrons. The Labute approximate surface area is 318 Å². The van der Waals surface area contributed by atoms with Crippen molar-refractivity contribution in [1.82, 2.24) is 24.8 Å². The van der Waals surface area contributed by atoms with Crippen LogP contribution in [0.15, 0.2) is 66.0 Å². The van der Waals surface area contributed by atoms with Crippen LogP contribution in [0.2, 0.25) is 0 Å².